The molecular formula is C19H20ClF3N2O3S. The average molecular weight is 449 g/mol. The van der Waals surface area contributed by atoms with E-state index in [1.54, 1.807) is 31.2 Å². The van der Waals surface area contributed by atoms with Crippen molar-refractivity contribution >= 4 is 38.9 Å². The van der Waals surface area contributed by atoms with Gasteiger partial charge in [0.2, 0.25) is 15.9 Å². The van der Waals surface area contributed by atoms with Gasteiger partial charge in [-0.25, -0.2) is 8.42 Å². The molecular weight excluding hydrogens is 429 g/mol. The molecule has 2 rings (SSSR count). The highest BCUT2D eigenvalue weighted by atomic mass is 35.5. The lowest BCUT2D eigenvalue weighted by Crippen LogP contribution is -2.47. The Hall–Kier alpha value is -2.26. The van der Waals surface area contributed by atoms with Crippen molar-refractivity contribution in [1.29, 1.82) is 0 Å². The summed E-state index contributed by atoms with van der Waals surface area (Å²) in [5.74, 6) is -0.792. The van der Waals surface area contributed by atoms with Crippen LogP contribution in [-0.4, -0.2) is 26.6 Å². The monoisotopic (exact) mass is 448 g/mol. The molecule has 10 heteroatoms. The second-order valence-corrected chi connectivity index (χ2v) is 8.77. The minimum atomic E-state index is -4.62. The SMILES string of the molecule is CCC(C(=O)Nc1cc(C(F)(F)F)ccc1Cl)N(c1ccc(C)cc1)S(C)(=O)=O. The van der Waals surface area contributed by atoms with Crippen molar-refractivity contribution in [3.05, 3.63) is 58.6 Å². The smallest absolute Gasteiger partial charge is 0.323 e. The summed E-state index contributed by atoms with van der Waals surface area (Å²) in [5.41, 5.74) is -0.0586. The molecule has 0 saturated heterocycles. The fourth-order valence-corrected chi connectivity index (χ4v) is 4.14. The van der Waals surface area contributed by atoms with E-state index < -0.39 is 33.7 Å². The molecule has 1 N–H and O–H groups in total. The van der Waals surface area contributed by atoms with Crippen LogP contribution in [0.15, 0.2) is 42.5 Å². The molecule has 1 amide bonds. The third-order valence-corrected chi connectivity index (χ3v) is 5.68. The zero-order valence-electron chi connectivity index (χ0n) is 15.9. The van der Waals surface area contributed by atoms with Crippen LogP contribution < -0.4 is 9.62 Å². The van der Waals surface area contributed by atoms with Crippen molar-refractivity contribution < 1.29 is 26.4 Å². The Balaban J connectivity index is 2.42. The number of nitrogens with zero attached hydrogens (tertiary/aromatic N) is 1. The van der Waals surface area contributed by atoms with Crippen LogP contribution in [0.3, 0.4) is 0 Å². The van der Waals surface area contributed by atoms with Crippen molar-refractivity contribution in [2.24, 2.45) is 0 Å². The van der Waals surface area contributed by atoms with Crippen molar-refractivity contribution in [3.63, 3.8) is 0 Å². The fraction of sp³-hybridized carbons (Fsp3) is 0.316. The lowest BCUT2D eigenvalue weighted by Gasteiger charge is -2.30. The number of hydrogen-bond donors (Lipinski definition) is 1. The minimum Gasteiger partial charge on any atom is -0.323 e. The van der Waals surface area contributed by atoms with E-state index >= 15 is 0 Å². The summed E-state index contributed by atoms with van der Waals surface area (Å²) in [5, 5.41) is 2.24. The summed E-state index contributed by atoms with van der Waals surface area (Å²) in [6.07, 6.45) is -3.57. The van der Waals surface area contributed by atoms with Crippen LogP contribution >= 0.6 is 11.6 Å². The van der Waals surface area contributed by atoms with Gasteiger partial charge < -0.3 is 5.32 Å². The number of nitrogens with one attached hydrogen (secondary N) is 1. The first kappa shape index (κ1) is 23.0. The number of aryl methyl sites for hydroxylation is 1. The molecule has 0 aromatic heterocycles. The summed E-state index contributed by atoms with van der Waals surface area (Å²) in [6.45, 7) is 3.43. The van der Waals surface area contributed by atoms with Crippen LogP contribution in [0.2, 0.25) is 5.02 Å². The van der Waals surface area contributed by atoms with Gasteiger partial charge in [0, 0.05) is 0 Å². The molecule has 0 radical (unpaired) electrons. The van der Waals surface area contributed by atoms with Crippen molar-refractivity contribution in [3.8, 4) is 0 Å². The summed E-state index contributed by atoms with van der Waals surface area (Å²) < 4.78 is 64.6. The second kappa shape index (κ2) is 8.62. The number of rotatable bonds is 6. The number of carbonyl (C=O) groups excluding carboxylic acids is 1. The number of benzene rings is 2. The van der Waals surface area contributed by atoms with Crippen LogP contribution in [0.4, 0.5) is 24.5 Å². The molecule has 2 aromatic carbocycles. The fourth-order valence-electron chi connectivity index (χ4n) is 2.77. The van der Waals surface area contributed by atoms with Crippen LogP contribution in [0.1, 0.15) is 24.5 Å². The van der Waals surface area contributed by atoms with Gasteiger partial charge in [-0.1, -0.05) is 36.2 Å². The number of sulfonamides is 1. The molecule has 0 bridgehead atoms. The van der Waals surface area contributed by atoms with E-state index in [9.17, 15) is 26.4 Å². The zero-order chi connectivity index (χ0) is 22.0. The molecule has 1 atom stereocenters. The first-order chi connectivity index (χ1) is 13.3. The Bertz CT molecular complexity index is 993. The van der Waals surface area contributed by atoms with Crippen molar-refractivity contribution in [2.45, 2.75) is 32.5 Å². The van der Waals surface area contributed by atoms with E-state index in [4.69, 9.17) is 11.6 Å². The van der Waals surface area contributed by atoms with E-state index in [1.807, 2.05) is 6.92 Å². The first-order valence-corrected chi connectivity index (χ1v) is 10.8. The molecule has 5 nitrogen and oxygen atoms in total. The lowest BCUT2D eigenvalue weighted by atomic mass is 10.1. The molecule has 0 heterocycles. The third kappa shape index (κ3) is 5.63. The summed E-state index contributed by atoms with van der Waals surface area (Å²) in [7, 11) is -3.86. The largest absolute Gasteiger partial charge is 0.416 e. The van der Waals surface area contributed by atoms with Gasteiger partial charge in [-0.05, 0) is 43.7 Å². The first-order valence-electron chi connectivity index (χ1n) is 8.58. The summed E-state index contributed by atoms with van der Waals surface area (Å²) in [4.78, 5) is 12.8. The number of carbonyl (C=O) groups is 1. The predicted molar refractivity (Wildman–Crippen MR) is 108 cm³/mol. The molecule has 0 saturated carbocycles. The number of anilines is 2. The van der Waals surface area contributed by atoms with E-state index in [-0.39, 0.29) is 22.8 Å². The molecule has 158 valence electrons. The molecule has 0 aliphatic heterocycles. The predicted octanol–water partition coefficient (Wildman–Crippen LogP) is 4.85. The third-order valence-electron chi connectivity index (χ3n) is 4.17. The maximum atomic E-state index is 13.0. The zero-order valence-corrected chi connectivity index (χ0v) is 17.5. The number of hydrogen-bond acceptors (Lipinski definition) is 3. The van der Waals surface area contributed by atoms with Crippen LogP contribution in [-0.2, 0) is 21.0 Å². The number of alkyl halides is 3. The Morgan fingerprint density at radius 3 is 2.24 bits per heavy atom. The Labute approximate surface area is 172 Å². The van der Waals surface area contributed by atoms with E-state index in [1.165, 1.54) is 0 Å². The van der Waals surface area contributed by atoms with Gasteiger partial charge in [0.15, 0.2) is 0 Å². The van der Waals surface area contributed by atoms with Crippen molar-refractivity contribution in [2.75, 3.05) is 15.9 Å². The van der Waals surface area contributed by atoms with E-state index in [0.717, 1.165) is 28.3 Å². The Morgan fingerprint density at radius 1 is 1.17 bits per heavy atom. The van der Waals surface area contributed by atoms with Gasteiger partial charge in [0.25, 0.3) is 0 Å². The maximum absolute atomic E-state index is 13.0. The Kier molecular flexibility index (Phi) is 6.85. The summed E-state index contributed by atoms with van der Waals surface area (Å²) in [6, 6.07) is 7.86. The highest BCUT2D eigenvalue weighted by Gasteiger charge is 2.33. The standard InChI is InChI=1S/C19H20ClF3N2O3S/c1-4-17(25(29(3,27)28)14-8-5-12(2)6-9-14)18(26)24-16-11-13(19(21,22)23)7-10-15(16)20/h5-11,17H,4H2,1-3H3,(H,24,26). The Morgan fingerprint density at radius 2 is 1.76 bits per heavy atom. The quantitative estimate of drug-likeness (QED) is 0.687. The van der Waals surface area contributed by atoms with Gasteiger partial charge in [-0.3, -0.25) is 9.10 Å². The van der Waals surface area contributed by atoms with Gasteiger partial charge in [0.05, 0.1) is 28.2 Å². The normalized spacial score (nSPS) is 13.1. The molecule has 0 spiro atoms. The van der Waals surface area contributed by atoms with Crippen LogP contribution in [0, 0.1) is 6.92 Å². The highest BCUT2D eigenvalue weighted by molar-refractivity contribution is 7.92. The van der Waals surface area contributed by atoms with Crippen LogP contribution in [0.25, 0.3) is 0 Å². The van der Waals surface area contributed by atoms with E-state index in [0.29, 0.717) is 6.07 Å². The van der Waals surface area contributed by atoms with Crippen molar-refractivity contribution in [1.82, 2.24) is 0 Å². The van der Waals surface area contributed by atoms with Gasteiger partial charge in [-0.15, -0.1) is 0 Å². The molecule has 2 aromatic rings. The van der Waals surface area contributed by atoms with Gasteiger partial charge >= 0.3 is 6.18 Å². The molecule has 0 aliphatic carbocycles. The van der Waals surface area contributed by atoms with Crippen LogP contribution in [0.5, 0.6) is 0 Å². The van der Waals surface area contributed by atoms with Gasteiger partial charge in [-0.2, -0.15) is 13.2 Å². The maximum Gasteiger partial charge on any atom is 0.416 e. The molecule has 1 unspecified atom stereocenters. The molecule has 0 fully saturated rings. The van der Waals surface area contributed by atoms with Gasteiger partial charge in [0.1, 0.15) is 6.04 Å². The number of halogens is 4. The summed E-state index contributed by atoms with van der Waals surface area (Å²) >= 11 is 5.93. The highest BCUT2D eigenvalue weighted by Crippen LogP contribution is 2.34. The molecule has 29 heavy (non-hydrogen) atoms. The number of amides is 1. The average Bonchev–Trinajstić information content (AvgIpc) is 2.60. The minimum absolute atomic E-state index is 0.0867. The lowest BCUT2D eigenvalue weighted by molar-refractivity contribution is -0.137. The molecule has 0 aliphatic rings. The topological polar surface area (TPSA) is 66.5 Å². The van der Waals surface area contributed by atoms with E-state index in [2.05, 4.69) is 5.32 Å². The second-order valence-electron chi connectivity index (χ2n) is 6.50.